The number of fused-ring (bicyclic) bond motifs is 1. The van der Waals surface area contributed by atoms with Crippen LogP contribution in [-0.4, -0.2) is 14.7 Å². The Morgan fingerprint density at radius 3 is 2.54 bits per heavy atom. The van der Waals surface area contributed by atoms with Gasteiger partial charge in [-0.25, -0.2) is 9.37 Å². The first-order valence-electron chi connectivity index (χ1n) is 8.63. The Balaban J connectivity index is 1.92. The van der Waals surface area contributed by atoms with Gasteiger partial charge in [0.05, 0.1) is 0 Å². The number of aromatic nitrogens is 2. The minimum atomic E-state index is -0.910. The molecule has 0 aliphatic carbocycles. The van der Waals surface area contributed by atoms with Crippen molar-refractivity contribution in [2.45, 2.75) is 6.10 Å². The summed E-state index contributed by atoms with van der Waals surface area (Å²) < 4.78 is 15.2. The zero-order valence-electron chi connectivity index (χ0n) is 14.9. The van der Waals surface area contributed by atoms with E-state index in [-0.39, 0.29) is 5.56 Å². The van der Waals surface area contributed by atoms with Crippen LogP contribution in [0.2, 0.25) is 5.02 Å². The van der Waals surface area contributed by atoms with Gasteiger partial charge in [0.2, 0.25) is 0 Å². The summed E-state index contributed by atoms with van der Waals surface area (Å²) in [6.07, 6.45) is 0.628. The average Bonchev–Trinajstić information content (AvgIpc) is 2.70. The summed E-state index contributed by atoms with van der Waals surface area (Å²) in [5, 5.41) is 12.0. The Labute approximate surface area is 165 Å². The molecule has 4 nitrogen and oxygen atoms in total. The summed E-state index contributed by atoms with van der Waals surface area (Å²) in [6.45, 7) is 0. The van der Waals surface area contributed by atoms with Gasteiger partial charge in [0, 0.05) is 35.3 Å². The minimum absolute atomic E-state index is 0.245. The minimum Gasteiger partial charge on any atom is -0.384 e. The summed E-state index contributed by atoms with van der Waals surface area (Å²) in [5.41, 5.74) is 2.58. The highest BCUT2D eigenvalue weighted by Gasteiger charge is 2.16. The molecule has 0 bridgehead atoms. The van der Waals surface area contributed by atoms with E-state index in [1.165, 1.54) is 29.0 Å². The van der Waals surface area contributed by atoms with Crippen LogP contribution in [0.5, 0.6) is 0 Å². The number of hydrogen-bond acceptors (Lipinski definition) is 3. The maximum Gasteiger partial charge on any atom is 0.252 e. The molecule has 0 radical (unpaired) electrons. The van der Waals surface area contributed by atoms with Crippen molar-refractivity contribution in [1.29, 1.82) is 0 Å². The molecule has 4 aromatic rings. The van der Waals surface area contributed by atoms with Crippen LogP contribution in [0.3, 0.4) is 0 Å². The normalized spacial score (nSPS) is 12.3. The molecule has 1 N–H and O–H groups in total. The van der Waals surface area contributed by atoms with E-state index >= 15 is 0 Å². The lowest BCUT2D eigenvalue weighted by molar-refractivity contribution is 0.220. The maximum absolute atomic E-state index is 13.7. The van der Waals surface area contributed by atoms with Crippen molar-refractivity contribution in [1.82, 2.24) is 9.55 Å². The summed E-state index contributed by atoms with van der Waals surface area (Å²) in [6, 6.07) is 16.2. The molecule has 0 amide bonds. The van der Waals surface area contributed by atoms with E-state index in [1.807, 2.05) is 0 Å². The fourth-order valence-corrected chi connectivity index (χ4v) is 3.35. The Morgan fingerprint density at radius 2 is 1.82 bits per heavy atom. The first-order chi connectivity index (χ1) is 13.4. The molecule has 0 aliphatic heterocycles. The molecular formula is C22H16ClFN2O2. The third kappa shape index (κ3) is 3.30. The van der Waals surface area contributed by atoms with E-state index in [9.17, 15) is 14.3 Å². The van der Waals surface area contributed by atoms with Crippen molar-refractivity contribution in [3.05, 3.63) is 99.2 Å². The summed E-state index contributed by atoms with van der Waals surface area (Å²) >= 11 is 5.92. The first-order valence-corrected chi connectivity index (χ1v) is 9.01. The largest absolute Gasteiger partial charge is 0.384 e. The molecule has 28 heavy (non-hydrogen) atoms. The topological polar surface area (TPSA) is 55.1 Å². The van der Waals surface area contributed by atoms with Crippen molar-refractivity contribution in [2.75, 3.05) is 0 Å². The molecule has 6 heteroatoms. The van der Waals surface area contributed by atoms with E-state index in [1.54, 1.807) is 49.5 Å². The van der Waals surface area contributed by atoms with E-state index in [4.69, 9.17) is 11.6 Å². The van der Waals surface area contributed by atoms with Gasteiger partial charge < -0.3 is 5.11 Å². The lowest BCUT2D eigenvalue weighted by atomic mass is 9.98. The van der Waals surface area contributed by atoms with Crippen molar-refractivity contribution in [2.24, 2.45) is 7.05 Å². The number of aliphatic hydroxyl groups is 1. The fourth-order valence-electron chi connectivity index (χ4n) is 3.22. The van der Waals surface area contributed by atoms with Gasteiger partial charge in [-0.05, 0) is 47.0 Å². The highest BCUT2D eigenvalue weighted by atomic mass is 35.5. The SMILES string of the molecule is Cn1c(=O)cc(-c2cccc(F)c2)c2cc(C(O)c3ccc(Cl)cc3)cnc21. The Morgan fingerprint density at radius 1 is 1.07 bits per heavy atom. The van der Waals surface area contributed by atoms with Crippen molar-refractivity contribution in [3.63, 3.8) is 0 Å². The van der Waals surface area contributed by atoms with Gasteiger partial charge in [-0.15, -0.1) is 0 Å². The van der Waals surface area contributed by atoms with Crippen molar-refractivity contribution >= 4 is 22.6 Å². The molecule has 0 saturated carbocycles. The number of benzene rings is 2. The van der Waals surface area contributed by atoms with Gasteiger partial charge in [0.1, 0.15) is 17.6 Å². The molecule has 0 spiro atoms. The molecule has 2 aromatic heterocycles. The second-order valence-corrected chi connectivity index (χ2v) is 7.00. The van der Waals surface area contributed by atoms with Crippen LogP contribution in [0.1, 0.15) is 17.2 Å². The van der Waals surface area contributed by atoms with Gasteiger partial charge in [0.15, 0.2) is 0 Å². The lowest BCUT2D eigenvalue weighted by Crippen LogP contribution is -2.17. The second kappa shape index (κ2) is 7.19. The predicted octanol–water partition coefficient (Wildman–Crippen LogP) is 4.47. The van der Waals surface area contributed by atoms with Crippen molar-refractivity contribution in [3.8, 4) is 11.1 Å². The van der Waals surface area contributed by atoms with Crippen LogP contribution >= 0.6 is 11.6 Å². The van der Waals surface area contributed by atoms with Crippen LogP contribution < -0.4 is 5.56 Å². The Bertz CT molecular complexity index is 1240. The number of rotatable bonds is 3. The Hall–Kier alpha value is -3.02. The second-order valence-electron chi connectivity index (χ2n) is 6.56. The third-order valence-corrected chi connectivity index (χ3v) is 4.98. The molecule has 4 rings (SSSR count). The Kier molecular flexibility index (Phi) is 4.71. The molecule has 2 aromatic carbocycles. The molecule has 1 unspecified atom stereocenters. The quantitative estimate of drug-likeness (QED) is 0.557. The lowest BCUT2D eigenvalue weighted by Gasteiger charge is -2.15. The molecule has 0 aliphatic rings. The number of hydrogen-bond donors (Lipinski definition) is 1. The average molecular weight is 395 g/mol. The summed E-state index contributed by atoms with van der Waals surface area (Å²) in [7, 11) is 1.63. The van der Waals surface area contributed by atoms with Gasteiger partial charge in [-0.1, -0.05) is 35.9 Å². The number of pyridine rings is 2. The number of halogens is 2. The summed E-state index contributed by atoms with van der Waals surface area (Å²) in [4.78, 5) is 16.7. The molecular weight excluding hydrogens is 379 g/mol. The fraction of sp³-hybridized carbons (Fsp3) is 0.0909. The van der Waals surface area contributed by atoms with Gasteiger partial charge in [-0.2, -0.15) is 0 Å². The number of nitrogens with zero attached hydrogens (tertiary/aromatic N) is 2. The maximum atomic E-state index is 13.7. The predicted molar refractivity (Wildman–Crippen MR) is 108 cm³/mol. The first kappa shape index (κ1) is 18.3. The van der Waals surface area contributed by atoms with Crippen LogP contribution in [0.25, 0.3) is 22.2 Å². The third-order valence-electron chi connectivity index (χ3n) is 4.73. The van der Waals surface area contributed by atoms with Crippen LogP contribution in [-0.2, 0) is 7.05 Å². The number of aryl methyl sites for hydroxylation is 1. The van der Waals surface area contributed by atoms with Gasteiger partial charge >= 0.3 is 0 Å². The molecule has 1 atom stereocenters. The van der Waals surface area contributed by atoms with E-state index in [0.717, 1.165) is 0 Å². The van der Waals surface area contributed by atoms with Crippen LogP contribution in [0.15, 0.2) is 71.7 Å². The highest BCUT2D eigenvalue weighted by molar-refractivity contribution is 6.30. The number of aliphatic hydroxyl groups excluding tert-OH is 1. The van der Waals surface area contributed by atoms with E-state index < -0.39 is 11.9 Å². The van der Waals surface area contributed by atoms with Gasteiger partial charge in [-0.3, -0.25) is 9.36 Å². The molecule has 0 fully saturated rings. The van der Waals surface area contributed by atoms with Gasteiger partial charge in [0.25, 0.3) is 5.56 Å². The van der Waals surface area contributed by atoms with Crippen LogP contribution in [0.4, 0.5) is 4.39 Å². The molecule has 0 saturated heterocycles. The summed E-state index contributed by atoms with van der Waals surface area (Å²) in [5.74, 6) is -0.392. The zero-order valence-corrected chi connectivity index (χ0v) is 15.7. The highest BCUT2D eigenvalue weighted by Crippen LogP contribution is 2.30. The van der Waals surface area contributed by atoms with Crippen LogP contribution in [0, 0.1) is 5.82 Å². The molecule has 140 valence electrons. The van der Waals surface area contributed by atoms with Crippen molar-refractivity contribution < 1.29 is 9.50 Å². The smallest absolute Gasteiger partial charge is 0.252 e. The molecule has 2 heterocycles. The monoisotopic (exact) mass is 394 g/mol. The van der Waals surface area contributed by atoms with E-state index in [2.05, 4.69) is 4.98 Å². The standard InChI is InChI=1S/C22H16ClFN2O2/c1-26-20(27)11-18(14-3-2-4-17(24)9-14)19-10-15(12-25-22(19)26)21(28)13-5-7-16(23)8-6-13/h2-12,21,28H,1H3. The zero-order chi connectivity index (χ0) is 19.8. The van der Waals surface area contributed by atoms with E-state index in [0.29, 0.717) is 38.3 Å².